The highest BCUT2D eigenvalue weighted by molar-refractivity contribution is 5.91. The number of anilines is 1. The highest BCUT2D eigenvalue weighted by atomic mass is 19.4. The number of likely N-dealkylation sites (N-methyl/N-ethyl adjacent to an activating group) is 1. The number of alkyl halides is 3. The fraction of sp³-hybridized carbons (Fsp3) is 0.533. The average molecular weight is 334 g/mol. The zero-order valence-corrected chi connectivity index (χ0v) is 13.5. The summed E-state index contributed by atoms with van der Waals surface area (Å²) in [5.74, 6) is 0.144. The van der Waals surface area contributed by atoms with Crippen molar-refractivity contribution in [2.75, 3.05) is 25.5 Å². The molecule has 130 valence electrons. The smallest absolute Gasteiger partial charge is 0.416 e. The standard InChI is InChI=1S/C15H21F3N2O3/c1-5-23-12-7-6-10(15(16,17)18)8-11(12)19-13(21)20(4)9-14(2,3)22/h6-8,22H,5,9H2,1-4H3,(H,19,21). The van der Waals surface area contributed by atoms with Gasteiger partial charge in [-0.3, -0.25) is 0 Å². The number of amides is 2. The number of nitrogens with zero attached hydrogens (tertiary/aromatic N) is 1. The molecule has 0 saturated heterocycles. The third kappa shape index (κ3) is 5.97. The summed E-state index contributed by atoms with van der Waals surface area (Å²) in [7, 11) is 1.43. The molecule has 0 fully saturated rings. The topological polar surface area (TPSA) is 61.8 Å². The van der Waals surface area contributed by atoms with Crippen molar-refractivity contribution in [3.05, 3.63) is 23.8 Å². The Morgan fingerprint density at radius 2 is 1.96 bits per heavy atom. The number of ether oxygens (including phenoxy) is 1. The van der Waals surface area contributed by atoms with E-state index in [1.165, 1.54) is 25.8 Å². The molecule has 0 unspecified atom stereocenters. The Hall–Kier alpha value is -1.96. The Bertz CT molecular complexity index is 554. The number of aliphatic hydroxyl groups is 1. The zero-order valence-electron chi connectivity index (χ0n) is 13.5. The first-order valence-corrected chi connectivity index (χ1v) is 7.02. The van der Waals surface area contributed by atoms with Gasteiger partial charge < -0.3 is 20.1 Å². The normalized spacial score (nSPS) is 12.0. The maximum absolute atomic E-state index is 12.8. The lowest BCUT2D eigenvalue weighted by Gasteiger charge is -2.26. The monoisotopic (exact) mass is 334 g/mol. The Morgan fingerprint density at radius 3 is 2.43 bits per heavy atom. The quantitative estimate of drug-likeness (QED) is 0.868. The molecule has 5 nitrogen and oxygen atoms in total. The Morgan fingerprint density at radius 1 is 1.35 bits per heavy atom. The van der Waals surface area contributed by atoms with Gasteiger partial charge >= 0.3 is 12.2 Å². The molecule has 23 heavy (non-hydrogen) atoms. The zero-order chi connectivity index (χ0) is 17.8. The van der Waals surface area contributed by atoms with Crippen molar-refractivity contribution in [3.63, 3.8) is 0 Å². The van der Waals surface area contributed by atoms with Crippen molar-refractivity contribution in [3.8, 4) is 5.75 Å². The summed E-state index contributed by atoms with van der Waals surface area (Å²) in [5.41, 5.74) is -2.08. The van der Waals surface area contributed by atoms with Crippen LogP contribution in [0.4, 0.5) is 23.7 Å². The van der Waals surface area contributed by atoms with E-state index < -0.39 is 23.4 Å². The van der Waals surface area contributed by atoms with Crippen molar-refractivity contribution < 1.29 is 27.8 Å². The highest BCUT2D eigenvalue weighted by Crippen LogP contribution is 2.35. The molecule has 1 aromatic rings. The molecule has 1 aromatic carbocycles. The van der Waals surface area contributed by atoms with E-state index in [4.69, 9.17) is 4.74 Å². The Kier molecular flexibility index (Phi) is 5.87. The fourth-order valence-corrected chi connectivity index (χ4v) is 1.95. The van der Waals surface area contributed by atoms with E-state index >= 15 is 0 Å². The van der Waals surface area contributed by atoms with Crippen molar-refractivity contribution in [2.24, 2.45) is 0 Å². The van der Waals surface area contributed by atoms with Gasteiger partial charge in [-0.2, -0.15) is 13.2 Å². The van der Waals surface area contributed by atoms with Crippen LogP contribution in [0.5, 0.6) is 5.75 Å². The number of hydrogen-bond donors (Lipinski definition) is 2. The SMILES string of the molecule is CCOc1ccc(C(F)(F)F)cc1NC(=O)N(C)CC(C)(C)O. The minimum absolute atomic E-state index is 0.0156. The minimum atomic E-state index is -4.52. The molecule has 0 saturated carbocycles. The van der Waals surface area contributed by atoms with Crippen molar-refractivity contribution in [1.82, 2.24) is 4.90 Å². The van der Waals surface area contributed by atoms with Gasteiger partial charge in [0.15, 0.2) is 0 Å². The summed E-state index contributed by atoms with van der Waals surface area (Å²) < 4.78 is 43.7. The number of benzene rings is 1. The molecule has 0 aliphatic rings. The first kappa shape index (κ1) is 19.1. The Balaban J connectivity index is 3.02. The lowest BCUT2D eigenvalue weighted by atomic mass is 10.1. The molecule has 0 bridgehead atoms. The van der Waals surface area contributed by atoms with Crippen LogP contribution < -0.4 is 10.1 Å². The molecule has 0 spiro atoms. The molecule has 0 atom stereocenters. The molecule has 2 N–H and O–H groups in total. The van der Waals surface area contributed by atoms with Crippen molar-refractivity contribution >= 4 is 11.7 Å². The first-order chi connectivity index (χ1) is 10.4. The molecular formula is C15H21F3N2O3. The molecule has 0 radical (unpaired) electrons. The van der Waals surface area contributed by atoms with Crippen LogP contribution in [0, 0.1) is 0 Å². The van der Waals surface area contributed by atoms with E-state index in [0.717, 1.165) is 18.2 Å². The van der Waals surface area contributed by atoms with Gasteiger partial charge in [0.2, 0.25) is 0 Å². The van der Waals surface area contributed by atoms with E-state index in [-0.39, 0.29) is 24.6 Å². The molecule has 0 aliphatic heterocycles. The van der Waals surface area contributed by atoms with Gasteiger partial charge in [0.1, 0.15) is 5.75 Å². The number of urea groups is 1. The van der Waals surface area contributed by atoms with Gasteiger partial charge in [-0.05, 0) is 39.0 Å². The number of halogens is 3. The summed E-state index contributed by atoms with van der Waals surface area (Å²) >= 11 is 0. The summed E-state index contributed by atoms with van der Waals surface area (Å²) in [6.45, 7) is 4.98. The lowest BCUT2D eigenvalue weighted by molar-refractivity contribution is -0.137. The second kappa shape index (κ2) is 7.08. The van der Waals surface area contributed by atoms with Crippen LogP contribution in [-0.2, 0) is 6.18 Å². The van der Waals surface area contributed by atoms with E-state index in [1.807, 2.05) is 0 Å². The van der Waals surface area contributed by atoms with Gasteiger partial charge in [0, 0.05) is 7.05 Å². The number of hydrogen-bond acceptors (Lipinski definition) is 3. The number of carbonyl (C=O) groups is 1. The summed E-state index contributed by atoms with van der Waals surface area (Å²) in [4.78, 5) is 13.3. The molecule has 1 rings (SSSR count). The lowest BCUT2D eigenvalue weighted by Crippen LogP contribution is -2.41. The molecular weight excluding hydrogens is 313 g/mol. The molecule has 0 heterocycles. The average Bonchev–Trinajstić information content (AvgIpc) is 2.37. The first-order valence-electron chi connectivity index (χ1n) is 7.02. The summed E-state index contributed by atoms with van der Waals surface area (Å²) in [5, 5.41) is 12.1. The summed E-state index contributed by atoms with van der Waals surface area (Å²) in [6, 6.07) is 2.23. The van der Waals surface area contributed by atoms with Crippen LogP contribution in [0.2, 0.25) is 0 Å². The van der Waals surface area contributed by atoms with Gasteiger partial charge in [-0.25, -0.2) is 4.79 Å². The molecule has 0 aromatic heterocycles. The van der Waals surface area contributed by atoms with Crippen molar-refractivity contribution in [1.29, 1.82) is 0 Å². The van der Waals surface area contributed by atoms with Crippen LogP contribution in [0.3, 0.4) is 0 Å². The van der Waals surface area contributed by atoms with Crippen LogP contribution in [-0.4, -0.2) is 41.8 Å². The Labute approximate surface area is 133 Å². The number of nitrogens with one attached hydrogen (secondary N) is 1. The predicted molar refractivity (Wildman–Crippen MR) is 80.6 cm³/mol. The third-order valence-corrected chi connectivity index (χ3v) is 2.82. The van der Waals surface area contributed by atoms with E-state index in [9.17, 15) is 23.1 Å². The van der Waals surface area contributed by atoms with Gasteiger partial charge in [0.05, 0.1) is 30.0 Å². The second-order valence-electron chi connectivity index (χ2n) is 5.74. The summed E-state index contributed by atoms with van der Waals surface area (Å²) in [6.07, 6.45) is -4.52. The number of carbonyl (C=O) groups excluding carboxylic acids is 1. The van der Waals surface area contributed by atoms with Crippen LogP contribution in [0.25, 0.3) is 0 Å². The van der Waals surface area contributed by atoms with E-state index in [2.05, 4.69) is 5.32 Å². The highest BCUT2D eigenvalue weighted by Gasteiger charge is 2.31. The maximum Gasteiger partial charge on any atom is 0.416 e. The van der Waals surface area contributed by atoms with Crippen LogP contribution >= 0.6 is 0 Å². The molecule has 8 heteroatoms. The second-order valence-corrected chi connectivity index (χ2v) is 5.74. The van der Waals surface area contributed by atoms with Crippen LogP contribution in [0.15, 0.2) is 18.2 Å². The molecule has 0 aliphatic carbocycles. The van der Waals surface area contributed by atoms with E-state index in [0.29, 0.717) is 0 Å². The van der Waals surface area contributed by atoms with Gasteiger partial charge in [-0.1, -0.05) is 0 Å². The van der Waals surface area contributed by atoms with Crippen LogP contribution in [0.1, 0.15) is 26.3 Å². The number of rotatable bonds is 5. The minimum Gasteiger partial charge on any atom is -0.492 e. The largest absolute Gasteiger partial charge is 0.492 e. The fourth-order valence-electron chi connectivity index (χ4n) is 1.95. The predicted octanol–water partition coefficient (Wildman–Crippen LogP) is 3.34. The third-order valence-electron chi connectivity index (χ3n) is 2.82. The van der Waals surface area contributed by atoms with E-state index in [1.54, 1.807) is 6.92 Å². The maximum atomic E-state index is 12.8. The van der Waals surface area contributed by atoms with Gasteiger partial charge in [0.25, 0.3) is 0 Å². The van der Waals surface area contributed by atoms with Crippen molar-refractivity contribution in [2.45, 2.75) is 32.5 Å². The molecule has 2 amide bonds. The van der Waals surface area contributed by atoms with Gasteiger partial charge in [-0.15, -0.1) is 0 Å².